The van der Waals surface area contributed by atoms with E-state index in [-0.39, 0.29) is 19.8 Å². The van der Waals surface area contributed by atoms with E-state index in [1.807, 2.05) is 0 Å². The summed E-state index contributed by atoms with van der Waals surface area (Å²) in [5.74, 6) is 0. The van der Waals surface area contributed by atoms with Crippen LogP contribution < -0.4 is 0 Å². The SMILES string of the molecule is CCO[Si](O)(O)O.OCCCCO. The first-order valence-electron chi connectivity index (χ1n) is 4.00. The van der Waals surface area contributed by atoms with Crippen LogP contribution in [0.2, 0.25) is 0 Å². The normalized spacial score (nSPS) is 10.6. The molecule has 0 aliphatic heterocycles. The molecule has 0 aliphatic carbocycles. The summed E-state index contributed by atoms with van der Waals surface area (Å²) < 4.78 is 4.03. The molecular formula is C6H18O6Si. The van der Waals surface area contributed by atoms with E-state index >= 15 is 0 Å². The van der Waals surface area contributed by atoms with Crippen LogP contribution in [0.4, 0.5) is 0 Å². The Morgan fingerprint density at radius 1 is 1.00 bits per heavy atom. The highest BCUT2D eigenvalue weighted by Gasteiger charge is 2.28. The molecule has 7 heteroatoms. The molecule has 0 aliphatic rings. The Labute approximate surface area is 78.5 Å². The first-order chi connectivity index (χ1) is 5.97. The topological polar surface area (TPSA) is 110 Å². The van der Waals surface area contributed by atoms with Gasteiger partial charge in [-0.2, -0.15) is 0 Å². The molecule has 0 aromatic carbocycles. The maximum Gasteiger partial charge on any atom is 0.671 e. The monoisotopic (exact) mass is 214 g/mol. The van der Waals surface area contributed by atoms with E-state index < -0.39 is 9.05 Å². The highest BCUT2D eigenvalue weighted by Crippen LogP contribution is 1.85. The van der Waals surface area contributed by atoms with Crippen molar-refractivity contribution in [3.8, 4) is 0 Å². The number of hydrogen-bond acceptors (Lipinski definition) is 6. The van der Waals surface area contributed by atoms with Crippen LogP contribution in [0.5, 0.6) is 0 Å². The van der Waals surface area contributed by atoms with Crippen molar-refractivity contribution in [3.63, 3.8) is 0 Å². The van der Waals surface area contributed by atoms with Crippen molar-refractivity contribution < 1.29 is 29.0 Å². The standard InChI is InChI=1S/C4H10O2.C2H8O4Si/c5-3-1-2-4-6;1-2-6-7(3,4)5/h5-6H,1-4H2;3-5H,2H2,1H3. The molecular weight excluding hydrogens is 196 g/mol. The molecule has 0 atom stereocenters. The molecule has 13 heavy (non-hydrogen) atoms. The zero-order chi connectivity index (χ0) is 10.7. The van der Waals surface area contributed by atoms with E-state index in [0.29, 0.717) is 0 Å². The summed E-state index contributed by atoms with van der Waals surface area (Å²) in [4.78, 5) is 24.1. The number of rotatable bonds is 5. The minimum atomic E-state index is -4.16. The Bertz CT molecular complexity index is 89.6. The summed E-state index contributed by atoms with van der Waals surface area (Å²) in [5, 5.41) is 16.2. The van der Waals surface area contributed by atoms with Crippen molar-refractivity contribution in [3.05, 3.63) is 0 Å². The van der Waals surface area contributed by atoms with Gasteiger partial charge in [-0.1, -0.05) is 0 Å². The van der Waals surface area contributed by atoms with E-state index in [4.69, 9.17) is 24.6 Å². The fourth-order valence-corrected chi connectivity index (χ4v) is 0.805. The first-order valence-corrected chi connectivity index (χ1v) is 5.75. The Hall–Kier alpha value is -0.0231. The third-order valence-electron chi connectivity index (χ3n) is 0.904. The van der Waals surface area contributed by atoms with E-state index in [2.05, 4.69) is 4.43 Å². The van der Waals surface area contributed by atoms with Crippen LogP contribution in [0.25, 0.3) is 0 Å². The van der Waals surface area contributed by atoms with E-state index in [0.717, 1.165) is 12.8 Å². The molecule has 0 amide bonds. The maximum atomic E-state index is 8.09. The molecule has 0 spiro atoms. The van der Waals surface area contributed by atoms with E-state index in [1.165, 1.54) is 0 Å². The smallest absolute Gasteiger partial charge is 0.396 e. The van der Waals surface area contributed by atoms with Crippen molar-refractivity contribution in [2.75, 3.05) is 19.8 Å². The third kappa shape index (κ3) is 24.5. The summed E-state index contributed by atoms with van der Waals surface area (Å²) in [6.07, 6.45) is 1.44. The zero-order valence-corrected chi connectivity index (χ0v) is 8.68. The van der Waals surface area contributed by atoms with Gasteiger partial charge in [-0.05, 0) is 19.8 Å². The number of unbranched alkanes of at least 4 members (excludes halogenated alkanes) is 1. The highest BCUT2D eigenvalue weighted by atomic mass is 28.4. The maximum absolute atomic E-state index is 8.09. The molecule has 0 fully saturated rings. The molecule has 0 unspecified atom stereocenters. The van der Waals surface area contributed by atoms with Gasteiger partial charge in [-0.15, -0.1) is 0 Å². The summed E-state index contributed by atoms with van der Waals surface area (Å²) in [5.41, 5.74) is 0. The zero-order valence-electron chi connectivity index (χ0n) is 7.68. The molecule has 0 saturated carbocycles. The van der Waals surface area contributed by atoms with Gasteiger partial charge in [0.15, 0.2) is 0 Å². The van der Waals surface area contributed by atoms with Gasteiger partial charge in [0, 0.05) is 19.8 Å². The van der Waals surface area contributed by atoms with Crippen LogP contribution in [0.3, 0.4) is 0 Å². The molecule has 6 nitrogen and oxygen atoms in total. The Morgan fingerprint density at radius 3 is 1.46 bits per heavy atom. The predicted octanol–water partition coefficient (Wildman–Crippen LogP) is -1.81. The second-order valence-electron chi connectivity index (χ2n) is 2.16. The summed E-state index contributed by atoms with van der Waals surface area (Å²) >= 11 is 0. The van der Waals surface area contributed by atoms with Crippen LogP contribution in [0, 0.1) is 0 Å². The molecule has 82 valence electrons. The van der Waals surface area contributed by atoms with Crippen LogP contribution in [-0.4, -0.2) is 53.5 Å². The lowest BCUT2D eigenvalue weighted by atomic mass is 10.3. The quantitative estimate of drug-likeness (QED) is 0.272. The fourth-order valence-electron chi connectivity index (χ4n) is 0.417. The van der Waals surface area contributed by atoms with Crippen LogP contribution in [-0.2, 0) is 4.43 Å². The van der Waals surface area contributed by atoms with Crippen molar-refractivity contribution in [1.29, 1.82) is 0 Å². The van der Waals surface area contributed by atoms with Crippen molar-refractivity contribution in [2.24, 2.45) is 0 Å². The van der Waals surface area contributed by atoms with Gasteiger partial charge in [0.05, 0.1) is 0 Å². The predicted molar refractivity (Wildman–Crippen MR) is 47.4 cm³/mol. The van der Waals surface area contributed by atoms with Gasteiger partial charge in [-0.25, -0.2) is 0 Å². The summed E-state index contributed by atoms with van der Waals surface area (Å²) in [6.45, 7) is 2.07. The molecule has 0 radical (unpaired) electrons. The Balaban J connectivity index is 0. The minimum absolute atomic E-state index is 0.121. The molecule has 0 bridgehead atoms. The summed E-state index contributed by atoms with van der Waals surface area (Å²) in [6, 6.07) is 0. The number of hydrogen-bond donors (Lipinski definition) is 5. The van der Waals surface area contributed by atoms with E-state index in [9.17, 15) is 0 Å². The largest absolute Gasteiger partial charge is 0.671 e. The first kappa shape index (κ1) is 15.4. The minimum Gasteiger partial charge on any atom is -0.396 e. The second-order valence-corrected chi connectivity index (χ2v) is 3.60. The van der Waals surface area contributed by atoms with Crippen LogP contribution in [0.15, 0.2) is 0 Å². The van der Waals surface area contributed by atoms with Crippen LogP contribution in [0.1, 0.15) is 19.8 Å². The Kier molecular flexibility index (Phi) is 12.0. The average Bonchev–Trinajstić information content (AvgIpc) is 1.99. The number of aliphatic hydroxyl groups is 2. The van der Waals surface area contributed by atoms with Gasteiger partial charge >= 0.3 is 9.05 Å². The van der Waals surface area contributed by atoms with Crippen molar-refractivity contribution in [1.82, 2.24) is 0 Å². The molecule has 0 heterocycles. The van der Waals surface area contributed by atoms with Crippen molar-refractivity contribution in [2.45, 2.75) is 19.8 Å². The lowest BCUT2D eigenvalue weighted by Gasteiger charge is -2.05. The summed E-state index contributed by atoms with van der Waals surface area (Å²) in [7, 11) is -4.16. The number of aliphatic hydroxyl groups excluding tert-OH is 2. The average molecular weight is 214 g/mol. The van der Waals surface area contributed by atoms with Gasteiger partial charge in [0.2, 0.25) is 0 Å². The molecule has 0 saturated heterocycles. The van der Waals surface area contributed by atoms with Crippen molar-refractivity contribution >= 4 is 9.05 Å². The lowest BCUT2D eigenvalue weighted by Crippen LogP contribution is -2.38. The fraction of sp³-hybridized carbons (Fsp3) is 1.00. The van der Waals surface area contributed by atoms with E-state index in [1.54, 1.807) is 6.92 Å². The third-order valence-corrected chi connectivity index (χ3v) is 1.58. The van der Waals surface area contributed by atoms with Gasteiger partial charge in [0.1, 0.15) is 0 Å². The van der Waals surface area contributed by atoms with Gasteiger partial charge < -0.3 is 29.0 Å². The van der Waals surface area contributed by atoms with Gasteiger partial charge in [0.25, 0.3) is 0 Å². The van der Waals surface area contributed by atoms with Crippen LogP contribution >= 0.6 is 0 Å². The molecule has 0 aromatic rings. The molecule has 0 aromatic heterocycles. The van der Waals surface area contributed by atoms with Gasteiger partial charge in [-0.3, -0.25) is 0 Å². The molecule has 0 rings (SSSR count). The second kappa shape index (κ2) is 10.1. The Morgan fingerprint density at radius 2 is 1.38 bits per heavy atom. The highest BCUT2D eigenvalue weighted by molar-refractivity contribution is 6.48. The lowest BCUT2D eigenvalue weighted by molar-refractivity contribution is 0.0687. The molecule has 5 N–H and O–H groups in total.